The highest BCUT2D eigenvalue weighted by atomic mass is 32.2. The Labute approximate surface area is 168 Å². The van der Waals surface area contributed by atoms with Crippen LogP contribution >= 0.6 is 0 Å². The van der Waals surface area contributed by atoms with Crippen molar-refractivity contribution in [3.05, 3.63) is 83.7 Å². The maximum atomic E-state index is 13.1. The molecular weight excluding hydrogens is 395 g/mol. The second kappa shape index (κ2) is 8.32. The molecule has 2 N–H and O–H groups in total. The first-order chi connectivity index (χ1) is 13.8. The molecule has 0 fully saturated rings. The standard InChI is InChI=1S/C21H19FN2O4S/c1-14-12-19(24-29(26,27)17-10-8-16(22)9-11-17)20(28-2)13-18(14)23-21(25)15-6-4-3-5-7-15/h3-13,24H,1-2H3,(H,23,25). The molecule has 150 valence electrons. The van der Waals surface area contributed by atoms with Gasteiger partial charge >= 0.3 is 0 Å². The summed E-state index contributed by atoms with van der Waals surface area (Å²) in [4.78, 5) is 12.3. The number of aryl methyl sites for hydroxylation is 1. The van der Waals surface area contributed by atoms with Gasteiger partial charge in [-0.2, -0.15) is 0 Å². The normalized spacial score (nSPS) is 11.0. The quantitative estimate of drug-likeness (QED) is 0.633. The number of methoxy groups -OCH3 is 1. The molecule has 0 aliphatic carbocycles. The molecule has 3 rings (SSSR count). The van der Waals surface area contributed by atoms with E-state index in [1.54, 1.807) is 43.3 Å². The van der Waals surface area contributed by atoms with Gasteiger partial charge in [-0.3, -0.25) is 9.52 Å². The van der Waals surface area contributed by atoms with Gasteiger partial charge in [0, 0.05) is 17.3 Å². The molecule has 0 bridgehead atoms. The zero-order chi connectivity index (χ0) is 21.0. The fourth-order valence-corrected chi connectivity index (χ4v) is 3.73. The van der Waals surface area contributed by atoms with Crippen LogP contribution in [0, 0.1) is 12.7 Å². The first-order valence-electron chi connectivity index (χ1n) is 8.63. The molecule has 3 aromatic rings. The summed E-state index contributed by atoms with van der Waals surface area (Å²) in [6.07, 6.45) is 0. The number of hydrogen-bond donors (Lipinski definition) is 2. The van der Waals surface area contributed by atoms with Crippen molar-refractivity contribution in [1.82, 2.24) is 0 Å². The number of ether oxygens (including phenoxy) is 1. The summed E-state index contributed by atoms with van der Waals surface area (Å²) >= 11 is 0. The summed E-state index contributed by atoms with van der Waals surface area (Å²) < 4.78 is 46.0. The molecule has 0 heterocycles. The van der Waals surface area contributed by atoms with Crippen LogP contribution in [0.4, 0.5) is 15.8 Å². The number of halogens is 1. The van der Waals surface area contributed by atoms with Crippen molar-refractivity contribution < 1.29 is 22.3 Å². The van der Waals surface area contributed by atoms with Crippen molar-refractivity contribution in [3.63, 3.8) is 0 Å². The Kier molecular flexibility index (Phi) is 5.84. The lowest BCUT2D eigenvalue weighted by atomic mass is 10.1. The maximum absolute atomic E-state index is 13.1. The van der Waals surface area contributed by atoms with Gasteiger partial charge in [0.05, 0.1) is 17.7 Å². The fourth-order valence-electron chi connectivity index (χ4n) is 2.67. The molecule has 0 unspecified atom stereocenters. The van der Waals surface area contributed by atoms with Crippen LogP contribution in [-0.2, 0) is 10.0 Å². The lowest BCUT2D eigenvalue weighted by molar-refractivity contribution is 0.102. The van der Waals surface area contributed by atoms with Crippen molar-refractivity contribution in [2.24, 2.45) is 0 Å². The largest absolute Gasteiger partial charge is 0.494 e. The van der Waals surface area contributed by atoms with Crippen molar-refractivity contribution in [1.29, 1.82) is 0 Å². The monoisotopic (exact) mass is 414 g/mol. The number of anilines is 2. The number of hydrogen-bond acceptors (Lipinski definition) is 4. The third-order valence-electron chi connectivity index (χ3n) is 4.20. The molecule has 8 heteroatoms. The predicted molar refractivity (Wildman–Crippen MR) is 109 cm³/mol. The minimum Gasteiger partial charge on any atom is -0.494 e. The maximum Gasteiger partial charge on any atom is 0.262 e. The van der Waals surface area contributed by atoms with E-state index in [-0.39, 0.29) is 22.2 Å². The second-order valence-corrected chi connectivity index (χ2v) is 7.93. The van der Waals surface area contributed by atoms with Gasteiger partial charge in [0.15, 0.2) is 0 Å². The summed E-state index contributed by atoms with van der Waals surface area (Å²) in [5.41, 5.74) is 1.81. The highest BCUT2D eigenvalue weighted by Gasteiger charge is 2.18. The van der Waals surface area contributed by atoms with Gasteiger partial charge in [0.2, 0.25) is 0 Å². The Hall–Kier alpha value is -3.39. The van der Waals surface area contributed by atoms with E-state index < -0.39 is 15.8 Å². The molecule has 0 atom stereocenters. The van der Waals surface area contributed by atoms with Gasteiger partial charge in [0.1, 0.15) is 11.6 Å². The van der Waals surface area contributed by atoms with E-state index in [0.29, 0.717) is 16.8 Å². The van der Waals surface area contributed by atoms with Crippen LogP contribution in [0.1, 0.15) is 15.9 Å². The zero-order valence-electron chi connectivity index (χ0n) is 15.8. The molecule has 0 radical (unpaired) electrons. The Balaban J connectivity index is 1.88. The zero-order valence-corrected chi connectivity index (χ0v) is 16.6. The molecule has 0 aromatic heterocycles. The summed E-state index contributed by atoms with van der Waals surface area (Å²) in [7, 11) is -2.55. The van der Waals surface area contributed by atoms with E-state index in [1.165, 1.54) is 19.2 Å². The Morgan fingerprint density at radius 2 is 1.62 bits per heavy atom. The smallest absolute Gasteiger partial charge is 0.262 e. The van der Waals surface area contributed by atoms with Crippen molar-refractivity contribution in [2.45, 2.75) is 11.8 Å². The van der Waals surface area contributed by atoms with Crippen molar-refractivity contribution in [2.75, 3.05) is 17.1 Å². The Morgan fingerprint density at radius 1 is 0.966 bits per heavy atom. The number of benzene rings is 3. The number of carbonyl (C=O) groups is 1. The van der Waals surface area contributed by atoms with Gasteiger partial charge in [-0.05, 0) is 55.0 Å². The average molecular weight is 414 g/mol. The Bertz CT molecular complexity index is 1130. The molecule has 0 aliphatic heterocycles. The van der Waals surface area contributed by atoms with Crippen LogP contribution in [-0.4, -0.2) is 21.4 Å². The third-order valence-corrected chi connectivity index (χ3v) is 5.58. The van der Waals surface area contributed by atoms with Crippen LogP contribution in [0.3, 0.4) is 0 Å². The molecule has 0 spiro atoms. The summed E-state index contributed by atoms with van der Waals surface area (Å²) in [6, 6.07) is 16.3. The van der Waals surface area contributed by atoms with Gasteiger partial charge in [-0.1, -0.05) is 18.2 Å². The van der Waals surface area contributed by atoms with Crippen LogP contribution < -0.4 is 14.8 Å². The minimum atomic E-state index is -3.94. The van der Waals surface area contributed by atoms with E-state index in [9.17, 15) is 17.6 Å². The van der Waals surface area contributed by atoms with E-state index >= 15 is 0 Å². The van der Waals surface area contributed by atoms with E-state index in [4.69, 9.17) is 4.74 Å². The third kappa shape index (κ3) is 4.72. The van der Waals surface area contributed by atoms with Crippen LogP contribution in [0.2, 0.25) is 0 Å². The van der Waals surface area contributed by atoms with Crippen molar-refractivity contribution >= 4 is 27.3 Å². The van der Waals surface area contributed by atoms with Gasteiger partial charge in [-0.15, -0.1) is 0 Å². The second-order valence-electron chi connectivity index (χ2n) is 6.25. The van der Waals surface area contributed by atoms with Crippen LogP contribution in [0.5, 0.6) is 5.75 Å². The van der Waals surface area contributed by atoms with E-state index in [2.05, 4.69) is 10.0 Å². The molecule has 6 nitrogen and oxygen atoms in total. The first-order valence-corrected chi connectivity index (χ1v) is 10.1. The number of sulfonamides is 1. The van der Waals surface area contributed by atoms with Crippen LogP contribution in [0.25, 0.3) is 0 Å². The van der Waals surface area contributed by atoms with Gasteiger partial charge < -0.3 is 10.1 Å². The van der Waals surface area contributed by atoms with Gasteiger partial charge in [-0.25, -0.2) is 12.8 Å². The lowest BCUT2D eigenvalue weighted by Crippen LogP contribution is -2.15. The molecule has 1 amide bonds. The summed E-state index contributed by atoms with van der Waals surface area (Å²) in [6.45, 7) is 1.73. The summed E-state index contributed by atoms with van der Waals surface area (Å²) in [5.74, 6) is -0.601. The molecule has 0 aliphatic rings. The minimum absolute atomic E-state index is 0.0833. The number of nitrogens with one attached hydrogen (secondary N) is 2. The van der Waals surface area contributed by atoms with E-state index in [0.717, 1.165) is 12.1 Å². The van der Waals surface area contributed by atoms with E-state index in [1.807, 2.05) is 6.07 Å². The number of carbonyl (C=O) groups excluding carboxylic acids is 1. The van der Waals surface area contributed by atoms with Gasteiger partial charge in [0.25, 0.3) is 15.9 Å². The highest BCUT2D eigenvalue weighted by Crippen LogP contribution is 2.33. The van der Waals surface area contributed by atoms with Crippen LogP contribution in [0.15, 0.2) is 71.6 Å². The molecule has 3 aromatic carbocycles. The lowest BCUT2D eigenvalue weighted by Gasteiger charge is -2.16. The first kappa shape index (κ1) is 20.3. The predicted octanol–water partition coefficient (Wildman–Crippen LogP) is 4.20. The SMILES string of the molecule is COc1cc(NC(=O)c2ccccc2)c(C)cc1NS(=O)(=O)c1ccc(F)cc1. The Morgan fingerprint density at radius 3 is 2.24 bits per heavy atom. The number of rotatable bonds is 6. The fraction of sp³-hybridized carbons (Fsp3) is 0.0952. The molecule has 29 heavy (non-hydrogen) atoms. The highest BCUT2D eigenvalue weighted by molar-refractivity contribution is 7.92. The topological polar surface area (TPSA) is 84.5 Å². The molecular formula is C21H19FN2O4S. The van der Waals surface area contributed by atoms with Crippen molar-refractivity contribution in [3.8, 4) is 5.75 Å². The number of amides is 1. The molecule has 0 saturated heterocycles. The molecule has 0 saturated carbocycles. The average Bonchev–Trinajstić information content (AvgIpc) is 2.70. The summed E-state index contributed by atoms with van der Waals surface area (Å²) in [5, 5.41) is 2.79.